The third kappa shape index (κ3) is 4.43. The van der Waals surface area contributed by atoms with Crippen LogP contribution in [0.15, 0.2) is 29.4 Å². The number of benzene rings is 1. The predicted octanol–water partition coefficient (Wildman–Crippen LogP) is 3.81. The lowest BCUT2D eigenvalue weighted by Crippen LogP contribution is -2.20. The molecule has 1 saturated carbocycles. The van der Waals surface area contributed by atoms with Gasteiger partial charge in [0.2, 0.25) is 5.75 Å². The minimum absolute atomic E-state index is 0.296. The van der Waals surface area contributed by atoms with Crippen LogP contribution in [0.5, 0.6) is 17.2 Å². The SMILES string of the molecule is CCOc1cc(C(=O)N/N=C\[C@@H]2C[C@H]3C=C[C@H]2C3)cc(OCC)c1OCC. The number of carbonyl (C=O) groups excluding carboxylic acids is 1. The number of hydrogen-bond donors (Lipinski definition) is 1. The molecule has 0 aromatic heterocycles. The fourth-order valence-electron chi connectivity index (χ4n) is 3.77. The Bertz CT molecular complexity index is 702. The van der Waals surface area contributed by atoms with E-state index in [9.17, 15) is 4.79 Å². The van der Waals surface area contributed by atoms with Crippen LogP contribution >= 0.6 is 0 Å². The Balaban J connectivity index is 1.73. The minimum Gasteiger partial charge on any atom is -0.490 e. The Hall–Kier alpha value is -2.50. The first-order chi connectivity index (χ1) is 13.2. The minimum atomic E-state index is -0.296. The molecule has 6 heteroatoms. The van der Waals surface area contributed by atoms with E-state index >= 15 is 0 Å². The van der Waals surface area contributed by atoms with E-state index in [1.54, 1.807) is 12.1 Å². The van der Waals surface area contributed by atoms with Crippen LogP contribution in [-0.2, 0) is 0 Å². The van der Waals surface area contributed by atoms with Crippen molar-refractivity contribution in [2.75, 3.05) is 19.8 Å². The summed E-state index contributed by atoms with van der Waals surface area (Å²) in [6.07, 6.45) is 8.75. The molecule has 1 amide bonds. The summed E-state index contributed by atoms with van der Waals surface area (Å²) in [6, 6.07) is 3.34. The third-order valence-corrected chi connectivity index (χ3v) is 4.93. The monoisotopic (exact) mass is 372 g/mol. The highest BCUT2D eigenvalue weighted by molar-refractivity contribution is 5.95. The van der Waals surface area contributed by atoms with Gasteiger partial charge in [-0.2, -0.15) is 5.10 Å². The maximum absolute atomic E-state index is 12.6. The fraction of sp³-hybridized carbons (Fsp3) is 0.524. The highest BCUT2D eigenvalue weighted by atomic mass is 16.5. The molecule has 0 spiro atoms. The van der Waals surface area contributed by atoms with Gasteiger partial charge in [-0.15, -0.1) is 0 Å². The second-order valence-electron chi connectivity index (χ2n) is 6.76. The smallest absolute Gasteiger partial charge is 0.271 e. The van der Waals surface area contributed by atoms with Crippen molar-refractivity contribution in [3.63, 3.8) is 0 Å². The Labute approximate surface area is 160 Å². The van der Waals surface area contributed by atoms with Crippen LogP contribution in [0.1, 0.15) is 44.0 Å². The summed E-state index contributed by atoms with van der Waals surface area (Å²) in [6.45, 7) is 7.08. The zero-order valence-electron chi connectivity index (χ0n) is 16.2. The third-order valence-electron chi connectivity index (χ3n) is 4.93. The number of carbonyl (C=O) groups is 1. The molecule has 0 saturated heterocycles. The number of amides is 1. The number of nitrogens with zero attached hydrogens (tertiary/aromatic N) is 1. The number of hydrazone groups is 1. The molecule has 1 aromatic rings. The van der Waals surface area contributed by atoms with Gasteiger partial charge >= 0.3 is 0 Å². The molecule has 1 fully saturated rings. The maximum Gasteiger partial charge on any atom is 0.271 e. The predicted molar refractivity (Wildman–Crippen MR) is 105 cm³/mol. The fourth-order valence-corrected chi connectivity index (χ4v) is 3.77. The molecule has 3 atom stereocenters. The highest BCUT2D eigenvalue weighted by Crippen LogP contribution is 2.42. The quantitative estimate of drug-likeness (QED) is 0.407. The summed E-state index contributed by atoms with van der Waals surface area (Å²) in [5, 5.41) is 4.19. The first kappa shape index (κ1) is 19.3. The zero-order valence-corrected chi connectivity index (χ0v) is 16.2. The molecule has 2 bridgehead atoms. The van der Waals surface area contributed by atoms with Gasteiger partial charge in [0, 0.05) is 17.7 Å². The molecule has 27 heavy (non-hydrogen) atoms. The summed E-state index contributed by atoms with van der Waals surface area (Å²) in [5.74, 6) is 2.88. The van der Waals surface area contributed by atoms with Gasteiger partial charge in [-0.25, -0.2) is 5.43 Å². The van der Waals surface area contributed by atoms with E-state index in [2.05, 4.69) is 22.7 Å². The van der Waals surface area contributed by atoms with Crippen molar-refractivity contribution in [3.05, 3.63) is 29.8 Å². The Kier molecular flexibility index (Phi) is 6.37. The lowest BCUT2D eigenvalue weighted by Gasteiger charge is -2.16. The number of allylic oxidation sites excluding steroid dienone is 2. The van der Waals surface area contributed by atoms with Crippen molar-refractivity contribution in [1.29, 1.82) is 0 Å². The van der Waals surface area contributed by atoms with E-state index in [4.69, 9.17) is 14.2 Å². The number of ether oxygens (including phenoxy) is 3. The lowest BCUT2D eigenvalue weighted by molar-refractivity contribution is 0.0953. The van der Waals surface area contributed by atoms with Crippen molar-refractivity contribution in [2.45, 2.75) is 33.6 Å². The molecule has 0 radical (unpaired) electrons. The van der Waals surface area contributed by atoms with Gasteiger partial charge in [0.1, 0.15) is 0 Å². The number of hydrogen-bond acceptors (Lipinski definition) is 5. The maximum atomic E-state index is 12.6. The van der Waals surface area contributed by atoms with Gasteiger partial charge in [0.05, 0.1) is 19.8 Å². The van der Waals surface area contributed by atoms with Crippen LogP contribution < -0.4 is 19.6 Å². The molecule has 146 valence electrons. The molecular weight excluding hydrogens is 344 g/mol. The van der Waals surface area contributed by atoms with Crippen molar-refractivity contribution in [1.82, 2.24) is 5.43 Å². The molecule has 0 aliphatic heterocycles. The summed E-state index contributed by atoms with van der Waals surface area (Å²) in [7, 11) is 0. The standard InChI is InChI=1S/C21H28N2O4/c1-4-25-18-11-16(12-19(26-5-2)20(18)27-6-3)21(24)23-22-13-17-10-14-7-8-15(17)9-14/h7-8,11-15,17H,4-6,9-10H2,1-3H3,(H,23,24)/b22-13-/t14-,15-,17-/m0/s1. The van der Waals surface area contributed by atoms with Crippen LogP contribution in [0.3, 0.4) is 0 Å². The first-order valence-electron chi connectivity index (χ1n) is 9.74. The molecule has 2 aliphatic carbocycles. The van der Waals surface area contributed by atoms with E-state index in [1.807, 2.05) is 27.0 Å². The van der Waals surface area contributed by atoms with E-state index < -0.39 is 0 Å². The molecule has 1 aromatic carbocycles. The van der Waals surface area contributed by atoms with Crippen LogP contribution in [-0.4, -0.2) is 31.9 Å². The largest absolute Gasteiger partial charge is 0.490 e. The van der Waals surface area contributed by atoms with Crippen molar-refractivity contribution in [3.8, 4) is 17.2 Å². The Morgan fingerprint density at radius 1 is 1.07 bits per heavy atom. The topological polar surface area (TPSA) is 69.2 Å². The first-order valence-corrected chi connectivity index (χ1v) is 9.74. The average molecular weight is 372 g/mol. The average Bonchev–Trinajstić information content (AvgIpc) is 3.27. The molecule has 3 rings (SSSR count). The van der Waals surface area contributed by atoms with Gasteiger partial charge in [-0.3, -0.25) is 4.79 Å². The van der Waals surface area contributed by atoms with Crippen molar-refractivity contribution >= 4 is 12.1 Å². The van der Waals surface area contributed by atoms with Crippen LogP contribution in [0.2, 0.25) is 0 Å². The molecular formula is C21H28N2O4. The molecule has 2 aliphatic rings. The second-order valence-corrected chi connectivity index (χ2v) is 6.76. The van der Waals surface area contributed by atoms with Crippen LogP contribution in [0, 0.1) is 17.8 Å². The lowest BCUT2D eigenvalue weighted by atomic mass is 9.95. The van der Waals surface area contributed by atoms with Gasteiger partial charge in [0.15, 0.2) is 11.5 Å². The van der Waals surface area contributed by atoms with Gasteiger partial charge in [0.25, 0.3) is 5.91 Å². The molecule has 1 N–H and O–H groups in total. The zero-order chi connectivity index (χ0) is 19.2. The Morgan fingerprint density at radius 2 is 1.74 bits per heavy atom. The summed E-state index contributed by atoms with van der Waals surface area (Å²) >= 11 is 0. The number of rotatable bonds is 9. The van der Waals surface area contributed by atoms with E-state index in [0.29, 0.717) is 60.4 Å². The number of nitrogens with one attached hydrogen (secondary N) is 1. The van der Waals surface area contributed by atoms with Crippen LogP contribution in [0.4, 0.5) is 0 Å². The summed E-state index contributed by atoms with van der Waals surface area (Å²) < 4.78 is 17.0. The van der Waals surface area contributed by atoms with Gasteiger partial charge in [-0.05, 0) is 57.6 Å². The second kappa shape index (κ2) is 8.93. The normalized spacial score (nSPS) is 23.0. The van der Waals surface area contributed by atoms with Crippen molar-refractivity contribution < 1.29 is 19.0 Å². The van der Waals surface area contributed by atoms with E-state index in [-0.39, 0.29) is 5.91 Å². The molecule has 0 unspecified atom stereocenters. The molecule has 0 heterocycles. The van der Waals surface area contributed by atoms with Gasteiger partial charge < -0.3 is 14.2 Å². The summed E-state index contributed by atoms with van der Waals surface area (Å²) in [5.41, 5.74) is 3.06. The van der Waals surface area contributed by atoms with E-state index in [0.717, 1.165) is 6.42 Å². The Morgan fingerprint density at radius 3 is 2.26 bits per heavy atom. The number of fused-ring (bicyclic) bond motifs is 2. The highest BCUT2D eigenvalue weighted by Gasteiger charge is 2.34. The van der Waals surface area contributed by atoms with E-state index in [1.165, 1.54) is 6.42 Å². The summed E-state index contributed by atoms with van der Waals surface area (Å²) in [4.78, 5) is 12.6. The van der Waals surface area contributed by atoms with Crippen LogP contribution in [0.25, 0.3) is 0 Å². The molecule has 6 nitrogen and oxygen atoms in total. The van der Waals surface area contributed by atoms with Gasteiger partial charge in [-0.1, -0.05) is 12.2 Å². The van der Waals surface area contributed by atoms with Crippen molar-refractivity contribution in [2.24, 2.45) is 22.9 Å².